The predicted molar refractivity (Wildman–Crippen MR) is 84.6 cm³/mol. The molecular weight excluding hydrogens is 274 g/mol. The first kappa shape index (κ1) is 17.1. The molecule has 20 heavy (non-hydrogen) atoms. The topological polar surface area (TPSA) is 32.7 Å². The number of halogens is 1. The maximum atomic E-state index is 10.2. The molecule has 0 aliphatic heterocycles. The van der Waals surface area contributed by atoms with Crippen molar-refractivity contribution in [1.82, 2.24) is 4.90 Å². The van der Waals surface area contributed by atoms with Crippen LogP contribution in [-0.4, -0.2) is 30.2 Å². The number of ether oxygens (including phenoxy) is 1. The lowest BCUT2D eigenvalue weighted by molar-refractivity contribution is 0.208. The molecule has 0 radical (unpaired) electrons. The van der Waals surface area contributed by atoms with Crippen molar-refractivity contribution in [3.63, 3.8) is 0 Å². The second-order valence-electron chi connectivity index (χ2n) is 6.10. The summed E-state index contributed by atoms with van der Waals surface area (Å²) >= 11 is 6.09. The average Bonchev–Trinajstić information content (AvgIpc) is 2.31. The van der Waals surface area contributed by atoms with Crippen LogP contribution in [0.5, 0.6) is 11.5 Å². The molecule has 0 saturated carbocycles. The lowest BCUT2D eigenvalue weighted by Crippen LogP contribution is -2.31. The number of aromatic hydroxyl groups is 1. The Hall–Kier alpha value is -0.930. The molecule has 0 spiro atoms. The van der Waals surface area contributed by atoms with Crippen LogP contribution in [0.2, 0.25) is 5.02 Å². The Morgan fingerprint density at radius 1 is 1.15 bits per heavy atom. The number of hydrogen-bond acceptors (Lipinski definition) is 3. The van der Waals surface area contributed by atoms with Crippen molar-refractivity contribution in [2.75, 3.05) is 20.2 Å². The summed E-state index contributed by atoms with van der Waals surface area (Å²) in [5.74, 6) is 1.78. The maximum Gasteiger partial charge on any atom is 0.162 e. The van der Waals surface area contributed by atoms with E-state index >= 15 is 0 Å². The van der Waals surface area contributed by atoms with Gasteiger partial charge in [-0.3, -0.25) is 4.90 Å². The first-order valence-corrected chi connectivity index (χ1v) is 7.49. The monoisotopic (exact) mass is 299 g/mol. The van der Waals surface area contributed by atoms with Crippen LogP contribution in [-0.2, 0) is 6.54 Å². The van der Waals surface area contributed by atoms with Crippen molar-refractivity contribution in [3.8, 4) is 11.5 Å². The largest absolute Gasteiger partial charge is 0.504 e. The predicted octanol–water partition coefficient (Wildman–Crippen LogP) is 4.17. The Morgan fingerprint density at radius 3 is 2.15 bits per heavy atom. The van der Waals surface area contributed by atoms with Crippen LogP contribution in [0.4, 0.5) is 0 Å². The molecule has 1 aromatic carbocycles. The van der Waals surface area contributed by atoms with Crippen LogP contribution >= 0.6 is 11.6 Å². The van der Waals surface area contributed by atoms with Gasteiger partial charge in [-0.1, -0.05) is 39.3 Å². The molecule has 0 bridgehead atoms. The number of rotatable bonds is 7. The zero-order chi connectivity index (χ0) is 15.3. The van der Waals surface area contributed by atoms with Gasteiger partial charge in [0.25, 0.3) is 0 Å². The fraction of sp³-hybridized carbons (Fsp3) is 0.625. The van der Waals surface area contributed by atoms with E-state index in [2.05, 4.69) is 32.6 Å². The van der Waals surface area contributed by atoms with Crippen LogP contribution in [0.3, 0.4) is 0 Å². The molecular formula is C16H26ClNO2. The minimum atomic E-state index is 0.189. The molecule has 0 atom stereocenters. The van der Waals surface area contributed by atoms with E-state index in [1.807, 2.05) is 6.07 Å². The number of benzene rings is 1. The molecule has 4 heteroatoms. The summed E-state index contributed by atoms with van der Waals surface area (Å²) in [5.41, 5.74) is 0.815. The lowest BCUT2D eigenvalue weighted by Gasteiger charge is -2.26. The summed E-state index contributed by atoms with van der Waals surface area (Å²) in [6.07, 6.45) is 0. The summed E-state index contributed by atoms with van der Waals surface area (Å²) in [6.45, 7) is 11.5. The van der Waals surface area contributed by atoms with Gasteiger partial charge in [0, 0.05) is 36.3 Å². The van der Waals surface area contributed by atoms with E-state index in [4.69, 9.17) is 16.3 Å². The number of phenolic OH excluding ortho intramolecular Hbond substituents is 1. The molecule has 0 aliphatic rings. The fourth-order valence-corrected chi connectivity index (χ4v) is 2.61. The van der Waals surface area contributed by atoms with Crippen molar-refractivity contribution in [1.29, 1.82) is 0 Å². The molecule has 0 heterocycles. The summed E-state index contributed by atoms with van der Waals surface area (Å²) in [6, 6.07) is 3.45. The van der Waals surface area contributed by atoms with E-state index in [0.717, 1.165) is 18.7 Å². The summed E-state index contributed by atoms with van der Waals surface area (Å²) in [7, 11) is 1.54. The third kappa shape index (κ3) is 5.22. The lowest BCUT2D eigenvalue weighted by atomic mass is 10.1. The zero-order valence-electron chi connectivity index (χ0n) is 13.1. The molecule has 0 aliphatic carbocycles. The standard InChI is InChI=1S/C16H26ClNO2/c1-11(2)8-18(9-12(3)4)10-13-6-14(17)7-15(20-5)16(13)19/h6-7,11-12,19H,8-10H2,1-5H3. The van der Waals surface area contributed by atoms with E-state index < -0.39 is 0 Å². The van der Waals surface area contributed by atoms with Gasteiger partial charge in [0.05, 0.1) is 7.11 Å². The number of hydrogen-bond donors (Lipinski definition) is 1. The molecule has 0 fully saturated rings. The van der Waals surface area contributed by atoms with Gasteiger partial charge >= 0.3 is 0 Å². The Balaban J connectivity index is 2.94. The molecule has 1 aromatic rings. The number of methoxy groups -OCH3 is 1. The highest BCUT2D eigenvalue weighted by atomic mass is 35.5. The van der Waals surface area contributed by atoms with Crippen LogP contribution in [0.15, 0.2) is 12.1 Å². The van der Waals surface area contributed by atoms with E-state index in [0.29, 0.717) is 29.2 Å². The highest BCUT2D eigenvalue weighted by Gasteiger charge is 2.15. The summed E-state index contributed by atoms with van der Waals surface area (Å²) in [5, 5.41) is 10.8. The Bertz CT molecular complexity index is 423. The van der Waals surface area contributed by atoms with Gasteiger partial charge in [-0.15, -0.1) is 0 Å². The van der Waals surface area contributed by atoms with Gasteiger partial charge in [-0.25, -0.2) is 0 Å². The van der Waals surface area contributed by atoms with Gasteiger partial charge in [0.15, 0.2) is 11.5 Å². The molecule has 1 rings (SSSR count). The SMILES string of the molecule is COc1cc(Cl)cc(CN(CC(C)C)CC(C)C)c1O. The Labute approximate surface area is 127 Å². The zero-order valence-corrected chi connectivity index (χ0v) is 13.9. The van der Waals surface area contributed by atoms with E-state index in [1.54, 1.807) is 6.07 Å². The average molecular weight is 300 g/mol. The quantitative estimate of drug-likeness (QED) is 0.820. The minimum absolute atomic E-state index is 0.189. The van der Waals surface area contributed by atoms with Crippen LogP contribution in [0.25, 0.3) is 0 Å². The maximum absolute atomic E-state index is 10.2. The number of nitrogens with zero attached hydrogens (tertiary/aromatic N) is 1. The fourth-order valence-electron chi connectivity index (χ4n) is 2.38. The van der Waals surface area contributed by atoms with Crippen molar-refractivity contribution < 1.29 is 9.84 Å². The Kier molecular flexibility index (Phi) is 6.63. The van der Waals surface area contributed by atoms with Crippen LogP contribution in [0.1, 0.15) is 33.3 Å². The van der Waals surface area contributed by atoms with Crippen LogP contribution in [0, 0.1) is 11.8 Å². The summed E-state index contributed by atoms with van der Waals surface area (Å²) < 4.78 is 5.16. The third-order valence-corrected chi connectivity index (χ3v) is 3.20. The van der Waals surface area contributed by atoms with Crippen molar-refractivity contribution in [2.45, 2.75) is 34.2 Å². The first-order chi connectivity index (χ1) is 9.33. The van der Waals surface area contributed by atoms with Gasteiger partial charge < -0.3 is 9.84 Å². The van der Waals surface area contributed by atoms with E-state index in [9.17, 15) is 5.11 Å². The highest BCUT2D eigenvalue weighted by Crippen LogP contribution is 2.34. The molecule has 1 N–H and O–H groups in total. The Morgan fingerprint density at radius 2 is 1.70 bits per heavy atom. The van der Waals surface area contributed by atoms with Gasteiger partial charge in [0.2, 0.25) is 0 Å². The van der Waals surface area contributed by atoms with Crippen molar-refractivity contribution in [2.24, 2.45) is 11.8 Å². The second kappa shape index (κ2) is 7.75. The molecule has 0 aromatic heterocycles. The molecule has 0 saturated heterocycles. The van der Waals surface area contributed by atoms with Crippen LogP contribution < -0.4 is 4.74 Å². The van der Waals surface area contributed by atoms with Gasteiger partial charge in [0.1, 0.15) is 0 Å². The van der Waals surface area contributed by atoms with Gasteiger partial charge in [-0.05, 0) is 17.9 Å². The van der Waals surface area contributed by atoms with Crippen molar-refractivity contribution >= 4 is 11.6 Å². The van der Waals surface area contributed by atoms with E-state index in [1.165, 1.54) is 7.11 Å². The molecule has 0 amide bonds. The van der Waals surface area contributed by atoms with Gasteiger partial charge in [-0.2, -0.15) is 0 Å². The molecule has 3 nitrogen and oxygen atoms in total. The number of phenols is 1. The molecule has 114 valence electrons. The normalized spacial score (nSPS) is 11.7. The smallest absolute Gasteiger partial charge is 0.162 e. The second-order valence-corrected chi connectivity index (χ2v) is 6.53. The summed E-state index contributed by atoms with van der Waals surface area (Å²) in [4.78, 5) is 2.35. The first-order valence-electron chi connectivity index (χ1n) is 7.11. The van der Waals surface area contributed by atoms with E-state index in [-0.39, 0.29) is 5.75 Å². The van der Waals surface area contributed by atoms with Crippen molar-refractivity contribution in [3.05, 3.63) is 22.7 Å². The molecule has 0 unspecified atom stereocenters. The third-order valence-electron chi connectivity index (χ3n) is 2.98. The minimum Gasteiger partial charge on any atom is -0.504 e. The highest BCUT2D eigenvalue weighted by molar-refractivity contribution is 6.30.